The largest absolute Gasteiger partial charge is 0.483 e. The van der Waals surface area contributed by atoms with E-state index in [1.54, 1.807) is 0 Å². The summed E-state index contributed by atoms with van der Waals surface area (Å²) in [6.07, 6.45) is 26.2. The Morgan fingerprint density at radius 2 is 0.827 bits per heavy atom. The van der Waals surface area contributed by atoms with Gasteiger partial charge in [-0.2, -0.15) is 4.31 Å². The minimum atomic E-state index is -4.94. The van der Waals surface area contributed by atoms with Gasteiger partial charge in [0.05, 0.1) is 26.4 Å². The van der Waals surface area contributed by atoms with E-state index in [2.05, 4.69) is 36.7 Å². The average molecular weight is 865 g/mol. The van der Waals surface area contributed by atoms with Crippen molar-refractivity contribution in [3.05, 3.63) is 0 Å². The third kappa shape index (κ3) is 47.7. The Morgan fingerprint density at radius 3 is 1.08 bits per heavy atom. The van der Waals surface area contributed by atoms with Gasteiger partial charge < -0.3 is 38.5 Å². The van der Waals surface area contributed by atoms with Crippen molar-refractivity contribution in [3.63, 3.8) is 0 Å². The second kappa shape index (κ2) is 42.2. The molecule has 1 unspecified atom stereocenters. The van der Waals surface area contributed by atoms with Crippen LogP contribution in [0.3, 0.4) is 0 Å². The van der Waals surface area contributed by atoms with Crippen molar-refractivity contribution in [2.45, 2.75) is 188 Å². The van der Waals surface area contributed by atoms with Crippen LogP contribution in [0, 0.1) is 0 Å². The Balaban J connectivity index is -0.000000819. The van der Waals surface area contributed by atoms with Crippen LogP contribution in [-0.4, -0.2) is 64.0 Å². The number of ether oxygens (including phenoxy) is 1. The Kier molecular flexibility index (Phi) is 47.0. The van der Waals surface area contributed by atoms with E-state index in [-0.39, 0.29) is 34.9 Å². The number of phosphoric ester groups is 1. The third-order valence-corrected chi connectivity index (χ3v) is 12.9. The Labute approximate surface area is 334 Å². The van der Waals surface area contributed by atoms with Crippen molar-refractivity contribution in [2.75, 3.05) is 33.0 Å². The van der Waals surface area contributed by atoms with Crippen molar-refractivity contribution in [2.24, 2.45) is 0 Å². The molecular formula is C34H76O13P4Ti. The van der Waals surface area contributed by atoms with Gasteiger partial charge in [0.15, 0.2) is 6.29 Å². The molecular weight excluding hydrogens is 788 g/mol. The Bertz CT molecular complexity index is 771. The van der Waals surface area contributed by atoms with Crippen LogP contribution in [0.5, 0.6) is 0 Å². The van der Waals surface area contributed by atoms with E-state index < -0.39 is 38.1 Å². The van der Waals surface area contributed by atoms with Gasteiger partial charge >= 0.3 is 15.6 Å². The second-order valence-corrected chi connectivity index (χ2v) is 19.3. The first-order chi connectivity index (χ1) is 24.4. The van der Waals surface area contributed by atoms with E-state index in [1.165, 1.54) is 64.2 Å². The fourth-order valence-electron chi connectivity index (χ4n) is 4.57. The number of aliphatic hydroxyl groups excluding tert-OH is 1. The van der Waals surface area contributed by atoms with E-state index in [0.29, 0.717) is 32.7 Å². The monoisotopic (exact) mass is 864 g/mol. The molecule has 0 saturated carbocycles. The third-order valence-electron chi connectivity index (χ3n) is 7.56. The number of aliphatic hydroxyl groups is 1. The van der Waals surface area contributed by atoms with Gasteiger partial charge in [0.2, 0.25) is 0 Å². The molecule has 1 fully saturated rings. The number of hydrogen-bond acceptors (Lipinski definition) is 11. The van der Waals surface area contributed by atoms with Crippen LogP contribution in [0.1, 0.15) is 182 Å². The molecule has 0 aromatic carbocycles. The maximum atomic E-state index is 12.3. The average Bonchev–Trinajstić information content (AvgIpc) is 3.87. The van der Waals surface area contributed by atoms with Crippen molar-refractivity contribution in [1.29, 1.82) is 0 Å². The molecule has 314 valence electrons. The van der Waals surface area contributed by atoms with Crippen molar-refractivity contribution in [3.8, 4) is 0 Å². The van der Waals surface area contributed by atoms with Crippen molar-refractivity contribution < 1.29 is 82.7 Å². The predicted molar refractivity (Wildman–Crippen MR) is 208 cm³/mol. The van der Waals surface area contributed by atoms with E-state index in [1.807, 2.05) is 0 Å². The maximum Gasteiger partial charge on any atom is 0.483 e. The van der Waals surface area contributed by atoms with Crippen LogP contribution < -0.4 is 0 Å². The first-order valence-corrected chi connectivity index (χ1v) is 25.8. The normalized spacial score (nSPS) is 14.1. The van der Waals surface area contributed by atoms with E-state index in [0.717, 1.165) is 77.0 Å². The minimum Gasteiger partial charge on any atom is -0.366 e. The molecule has 5 N–H and O–H groups in total. The van der Waals surface area contributed by atoms with E-state index in [9.17, 15) is 18.9 Å². The van der Waals surface area contributed by atoms with Gasteiger partial charge in [0.25, 0.3) is 16.1 Å². The van der Waals surface area contributed by atoms with Gasteiger partial charge in [-0.05, 0) is 25.7 Å². The zero-order chi connectivity index (χ0) is 38.5. The number of hydrogen-bond donors (Lipinski definition) is 5. The van der Waals surface area contributed by atoms with Crippen LogP contribution >= 0.6 is 31.8 Å². The van der Waals surface area contributed by atoms with Crippen LogP contribution in [0.4, 0.5) is 0 Å². The van der Waals surface area contributed by atoms with Crippen LogP contribution in [0.25, 0.3) is 0 Å². The molecule has 0 spiro atoms. The zero-order valence-corrected chi connectivity index (χ0v) is 38.0. The molecule has 1 aliphatic heterocycles. The molecule has 13 nitrogen and oxygen atoms in total. The summed E-state index contributed by atoms with van der Waals surface area (Å²) in [4.78, 5) is 36.5. The smallest absolute Gasteiger partial charge is 0.366 e. The first kappa shape index (κ1) is 57.9. The summed E-state index contributed by atoms with van der Waals surface area (Å²) < 4.78 is 53.1. The van der Waals surface area contributed by atoms with Crippen LogP contribution in [0.2, 0.25) is 0 Å². The molecule has 0 aromatic rings. The summed E-state index contributed by atoms with van der Waals surface area (Å²) in [7, 11) is -12.8. The summed E-state index contributed by atoms with van der Waals surface area (Å²) in [6, 6.07) is 0. The number of rotatable bonds is 35. The van der Waals surface area contributed by atoms with Crippen molar-refractivity contribution in [1.82, 2.24) is 0 Å². The molecule has 1 saturated heterocycles. The molecule has 0 bridgehead atoms. The van der Waals surface area contributed by atoms with E-state index >= 15 is 0 Å². The van der Waals surface area contributed by atoms with Crippen LogP contribution in [0.15, 0.2) is 0 Å². The molecule has 0 amide bonds. The number of phosphoric acid groups is 2. The van der Waals surface area contributed by atoms with Gasteiger partial charge in [-0.15, -0.1) is 0 Å². The summed E-state index contributed by atoms with van der Waals surface area (Å²) in [6.45, 7) is 10.6. The molecule has 1 atom stereocenters. The second-order valence-electron chi connectivity index (χ2n) is 12.7. The quantitative estimate of drug-likeness (QED) is 0.0175. The molecule has 52 heavy (non-hydrogen) atoms. The zero-order valence-electron chi connectivity index (χ0n) is 32.9. The van der Waals surface area contributed by atoms with Gasteiger partial charge in [0.1, 0.15) is 6.61 Å². The minimum absolute atomic E-state index is 0. The van der Waals surface area contributed by atoms with Gasteiger partial charge in [-0.1, -0.05) is 156 Å². The maximum absolute atomic E-state index is 12.3. The summed E-state index contributed by atoms with van der Waals surface area (Å²) in [5, 5.41) is 7.94. The SMILES string of the molecule is CCCCCCCCOP(=O)(OCCCCCCCC)OP(=O)(O)O.CCCCCCCCOP(OCCCCCCCC)P(O)O.OC1CO1.[Ti]. The molecule has 0 aromatic heterocycles. The molecule has 0 radical (unpaired) electrons. The molecule has 1 heterocycles. The Hall–Kier alpha value is 1.59. The standard InChI is InChI=1S/C16H36O7P2.C16H36O4P2.C2H4O2.Ti/c1-3-5-7-9-11-13-15-21-25(20,23-24(17,18)19)22-16-14-12-10-8-6-4-2;1-3-5-7-9-11-13-15-19-22(21(17)18)20-16-14-12-10-8-6-4-2;3-2-1-4-2;/h3-16H2,1-2H3,(H2,17,18,19);17-18H,3-16H2,1-2H3;2-3H,1H2;. The van der Waals surface area contributed by atoms with Gasteiger partial charge in [-0.25, -0.2) is 9.13 Å². The van der Waals surface area contributed by atoms with E-state index in [4.69, 9.17) is 33.0 Å². The topological polar surface area (TPSA) is 194 Å². The summed E-state index contributed by atoms with van der Waals surface area (Å²) in [5.74, 6) is 0. The first-order valence-electron chi connectivity index (χ1n) is 19.6. The summed E-state index contributed by atoms with van der Waals surface area (Å²) >= 11 is 0. The number of unbranched alkanes of at least 4 members (excludes halogenated alkanes) is 20. The predicted octanol–water partition coefficient (Wildman–Crippen LogP) is 11.6. The fraction of sp³-hybridized carbons (Fsp3) is 1.00. The van der Waals surface area contributed by atoms with Crippen molar-refractivity contribution >= 4 is 31.8 Å². The van der Waals surface area contributed by atoms with Gasteiger partial charge in [-0.3, -0.25) is 9.05 Å². The van der Waals surface area contributed by atoms with Crippen LogP contribution in [-0.2, 0) is 58.0 Å². The van der Waals surface area contributed by atoms with Gasteiger partial charge in [0, 0.05) is 21.7 Å². The Morgan fingerprint density at radius 1 is 0.558 bits per heavy atom. The molecule has 0 aliphatic carbocycles. The molecule has 18 heteroatoms. The fourth-order valence-corrected chi connectivity index (χ4v) is 8.73. The summed E-state index contributed by atoms with van der Waals surface area (Å²) in [5.41, 5.74) is 0. The number of epoxide rings is 1. The molecule has 1 aliphatic rings. The molecule has 1 rings (SSSR count).